The number of aryl methyl sites for hydroxylation is 1. The van der Waals surface area contributed by atoms with Crippen molar-refractivity contribution >= 4 is 5.97 Å². The summed E-state index contributed by atoms with van der Waals surface area (Å²) in [7, 11) is 1.63. The van der Waals surface area contributed by atoms with E-state index in [1.807, 2.05) is 54.6 Å². The molecule has 0 spiro atoms. The maximum atomic E-state index is 10.9. The number of aromatic carboxylic acids is 1. The van der Waals surface area contributed by atoms with Gasteiger partial charge in [0.25, 0.3) is 0 Å². The highest BCUT2D eigenvalue weighted by Gasteiger charge is 2.28. The van der Waals surface area contributed by atoms with E-state index in [9.17, 15) is 9.90 Å². The van der Waals surface area contributed by atoms with Crippen molar-refractivity contribution in [1.82, 2.24) is 15.4 Å². The van der Waals surface area contributed by atoms with Crippen LogP contribution in [0.5, 0.6) is 17.2 Å². The minimum atomic E-state index is -0.818. The van der Waals surface area contributed by atoms with E-state index >= 15 is 0 Å². The second-order valence-electron chi connectivity index (χ2n) is 11.4. The van der Waals surface area contributed by atoms with Gasteiger partial charge in [0, 0.05) is 5.56 Å². The monoisotopic (exact) mass is 643 g/mol. The van der Waals surface area contributed by atoms with Crippen molar-refractivity contribution in [2.45, 2.75) is 104 Å². The number of carboxylic acids is 1. The van der Waals surface area contributed by atoms with Crippen molar-refractivity contribution in [1.29, 1.82) is 0 Å². The average molecular weight is 644 g/mol. The molecule has 1 aromatic heterocycles. The Hall–Kier alpha value is -4.46. The van der Waals surface area contributed by atoms with E-state index in [2.05, 4.69) is 43.1 Å². The van der Waals surface area contributed by atoms with Crippen molar-refractivity contribution in [3.8, 4) is 28.5 Å². The number of nitrogens with zero attached hydrogens (tertiary/aromatic N) is 3. The largest absolute Gasteiger partial charge is 0.504 e. The molecule has 0 aliphatic carbocycles. The molecular weight excluding hydrogens is 590 g/mol. The molecule has 0 saturated heterocycles. The van der Waals surface area contributed by atoms with Crippen LogP contribution in [0.1, 0.15) is 108 Å². The summed E-state index contributed by atoms with van der Waals surface area (Å²) < 4.78 is 11.3. The summed E-state index contributed by atoms with van der Waals surface area (Å²) in [5, 5.41) is 29.9. The third-order valence-electron chi connectivity index (χ3n) is 8.15. The Morgan fingerprint density at radius 1 is 0.766 bits per heavy atom. The molecule has 4 rings (SSSR count). The van der Waals surface area contributed by atoms with Gasteiger partial charge in [0.15, 0.2) is 11.5 Å². The zero-order valence-electron chi connectivity index (χ0n) is 28.8. The standard InChI is InChI=1S/C16H26O2.C13H18O2.C10H9N3O/c1-4-7-10-13-16(5-2,6-3)18-15-12-9-8-11-14(15)17;1-2-3-4-5-8-11-9-6-7-10-12(11)13(14)15;1-14-10-5-3-2-4-8(10)9-6-7-11-13-12-9/h8-9,11-12,17H,4-7,10,13H2,1-3H3;6-7,9-10H,2-5,8H2,1H3,(H,14,15);2-7H,1H3. The number of phenolic OH excluding ortho intramolecular Hbond substituents is 1. The average Bonchev–Trinajstić information content (AvgIpc) is 3.11. The molecule has 0 radical (unpaired) electrons. The van der Waals surface area contributed by atoms with Gasteiger partial charge in [0.1, 0.15) is 17.0 Å². The molecule has 1 heterocycles. The number of unbranched alkanes of at least 4 members (excludes halogenated alkanes) is 5. The lowest BCUT2D eigenvalue weighted by Gasteiger charge is -2.33. The van der Waals surface area contributed by atoms with Gasteiger partial charge in [-0.05, 0) is 85.7 Å². The molecular formula is C39H53N3O5. The fraction of sp³-hybridized carbons (Fsp3) is 0.436. The van der Waals surface area contributed by atoms with Gasteiger partial charge in [-0.25, -0.2) is 4.79 Å². The van der Waals surface area contributed by atoms with Crippen LogP contribution in [0.25, 0.3) is 11.3 Å². The van der Waals surface area contributed by atoms with Gasteiger partial charge < -0.3 is 19.7 Å². The highest BCUT2D eigenvalue weighted by molar-refractivity contribution is 5.89. The Labute approximate surface area is 281 Å². The molecule has 254 valence electrons. The van der Waals surface area contributed by atoms with E-state index in [-0.39, 0.29) is 11.4 Å². The second-order valence-corrected chi connectivity index (χ2v) is 11.4. The summed E-state index contributed by atoms with van der Waals surface area (Å²) in [6.45, 7) is 8.71. The maximum absolute atomic E-state index is 10.9. The zero-order chi connectivity index (χ0) is 34.3. The van der Waals surface area contributed by atoms with Crippen LogP contribution < -0.4 is 9.47 Å². The summed E-state index contributed by atoms with van der Waals surface area (Å²) >= 11 is 0. The summed E-state index contributed by atoms with van der Waals surface area (Å²) in [4.78, 5) is 10.9. The number of ether oxygens (including phenoxy) is 2. The van der Waals surface area contributed by atoms with Gasteiger partial charge in [-0.3, -0.25) is 0 Å². The highest BCUT2D eigenvalue weighted by Crippen LogP contribution is 2.34. The number of hydrogen-bond acceptors (Lipinski definition) is 7. The Morgan fingerprint density at radius 2 is 1.40 bits per heavy atom. The number of phenols is 1. The molecule has 0 bridgehead atoms. The van der Waals surface area contributed by atoms with Gasteiger partial charge >= 0.3 is 5.97 Å². The van der Waals surface area contributed by atoms with Crippen LogP contribution in [-0.4, -0.2) is 44.3 Å². The smallest absolute Gasteiger partial charge is 0.335 e. The first-order chi connectivity index (χ1) is 22.8. The summed E-state index contributed by atoms with van der Waals surface area (Å²) in [5.74, 6) is 0.811. The summed E-state index contributed by atoms with van der Waals surface area (Å²) in [5.41, 5.74) is 2.96. The SMILES string of the molecule is CCCCCC(CC)(CC)Oc1ccccc1O.CCCCCCc1ccccc1C(=O)O.COc1ccccc1-c1ccnnn1. The molecule has 0 saturated carbocycles. The van der Waals surface area contributed by atoms with Crippen molar-refractivity contribution in [3.05, 3.63) is 96.2 Å². The normalized spacial score (nSPS) is 10.6. The van der Waals surface area contributed by atoms with Crippen LogP contribution in [0, 0.1) is 0 Å². The molecule has 3 aromatic carbocycles. The number of aromatic hydroxyl groups is 1. The van der Waals surface area contributed by atoms with Crippen LogP contribution >= 0.6 is 0 Å². The van der Waals surface area contributed by atoms with Gasteiger partial charge in [0.2, 0.25) is 0 Å². The van der Waals surface area contributed by atoms with Crippen molar-refractivity contribution in [2.75, 3.05) is 7.11 Å². The molecule has 0 aliphatic heterocycles. The third-order valence-corrected chi connectivity index (χ3v) is 8.15. The summed E-state index contributed by atoms with van der Waals surface area (Å²) in [6, 6.07) is 24.0. The minimum absolute atomic E-state index is 0.131. The lowest BCUT2D eigenvalue weighted by atomic mass is 9.90. The van der Waals surface area contributed by atoms with Gasteiger partial charge in [-0.15, -0.1) is 10.2 Å². The zero-order valence-corrected chi connectivity index (χ0v) is 28.8. The molecule has 8 nitrogen and oxygen atoms in total. The van der Waals surface area contributed by atoms with Crippen LogP contribution in [0.15, 0.2) is 85.1 Å². The molecule has 0 fully saturated rings. The molecule has 4 aromatic rings. The van der Waals surface area contributed by atoms with Crippen molar-refractivity contribution in [2.24, 2.45) is 0 Å². The number of carboxylic acid groups (broad SMARTS) is 1. The fourth-order valence-corrected chi connectivity index (χ4v) is 5.20. The Balaban J connectivity index is 0.000000247. The first-order valence-electron chi connectivity index (χ1n) is 16.9. The van der Waals surface area contributed by atoms with Crippen LogP contribution in [0.4, 0.5) is 0 Å². The Kier molecular flexibility index (Phi) is 18.2. The number of hydrogen-bond donors (Lipinski definition) is 2. The van der Waals surface area contributed by atoms with Crippen molar-refractivity contribution < 1.29 is 24.5 Å². The van der Waals surface area contributed by atoms with E-state index in [4.69, 9.17) is 14.6 Å². The number of rotatable bonds is 16. The van der Waals surface area contributed by atoms with E-state index in [1.165, 1.54) is 38.5 Å². The van der Waals surface area contributed by atoms with Gasteiger partial charge in [-0.2, -0.15) is 0 Å². The Morgan fingerprint density at radius 3 is 2.02 bits per heavy atom. The van der Waals surface area contributed by atoms with E-state index in [0.717, 1.165) is 54.7 Å². The first kappa shape index (κ1) is 38.7. The van der Waals surface area contributed by atoms with Gasteiger partial charge in [0.05, 0.1) is 18.9 Å². The molecule has 47 heavy (non-hydrogen) atoms. The molecule has 2 N–H and O–H groups in total. The second kappa shape index (κ2) is 22.1. The molecule has 8 heteroatoms. The van der Waals surface area contributed by atoms with Crippen LogP contribution in [-0.2, 0) is 6.42 Å². The van der Waals surface area contributed by atoms with E-state index in [1.54, 1.807) is 37.6 Å². The lowest BCUT2D eigenvalue weighted by Crippen LogP contribution is -2.34. The number of aromatic nitrogens is 3. The molecule has 0 unspecified atom stereocenters. The van der Waals surface area contributed by atoms with Gasteiger partial charge in [-0.1, -0.05) is 102 Å². The van der Waals surface area contributed by atoms with E-state index in [0.29, 0.717) is 11.3 Å². The first-order valence-corrected chi connectivity index (χ1v) is 16.9. The molecule has 0 aliphatic rings. The Bertz CT molecular complexity index is 1430. The number of benzene rings is 3. The maximum Gasteiger partial charge on any atom is 0.335 e. The quantitative estimate of drug-likeness (QED) is 0.116. The van der Waals surface area contributed by atoms with Crippen LogP contribution in [0.2, 0.25) is 0 Å². The molecule has 0 amide bonds. The third kappa shape index (κ3) is 13.4. The highest BCUT2D eigenvalue weighted by atomic mass is 16.5. The number of methoxy groups -OCH3 is 1. The fourth-order valence-electron chi connectivity index (χ4n) is 5.20. The van der Waals surface area contributed by atoms with E-state index < -0.39 is 5.97 Å². The predicted octanol–water partition coefficient (Wildman–Crippen LogP) is 9.96. The number of para-hydroxylation sites is 3. The summed E-state index contributed by atoms with van der Waals surface area (Å²) in [6.07, 6.45) is 13.8. The lowest BCUT2D eigenvalue weighted by molar-refractivity contribution is 0.0456. The number of carbonyl (C=O) groups is 1. The van der Waals surface area contributed by atoms with Crippen LogP contribution in [0.3, 0.4) is 0 Å². The molecule has 0 atom stereocenters. The topological polar surface area (TPSA) is 115 Å². The minimum Gasteiger partial charge on any atom is -0.504 e. The van der Waals surface area contributed by atoms with Crippen molar-refractivity contribution in [3.63, 3.8) is 0 Å². The predicted molar refractivity (Wildman–Crippen MR) is 189 cm³/mol.